The van der Waals surface area contributed by atoms with E-state index in [4.69, 9.17) is 0 Å². The highest BCUT2D eigenvalue weighted by atomic mass is 32.1. The first kappa shape index (κ1) is 18.5. The number of aliphatic imine (C=N–C) groups is 2. The van der Waals surface area contributed by atoms with E-state index in [1.807, 2.05) is 68.6 Å². The minimum absolute atomic E-state index is 0.909. The fourth-order valence-electron chi connectivity index (χ4n) is 1.57. The lowest BCUT2D eigenvalue weighted by Crippen LogP contribution is -1.76. The Bertz CT molecular complexity index is 691. The van der Waals surface area contributed by atoms with Crippen LogP contribution in [-0.2, 0) is 0 Å². The smallest absolute Gasteiger partial charge is 0.118 e. The molecule has 0 bridgehead atoms. The van der Waals surface area contributed by atoms with E-state index in [1.165, 1.54) is 11.3 Å². The third kappa shape index (κ3) is 6.85. The Morgan fingerprint density at radius 2 is 1.61 bits per heavy atom. The summed E-state index contributed by atoms with van der Waals surface area (Å²) in [6.45, 7) is 11.4. The second-order valence-electron chi connectivity index (χ2n) is 4.15. The van der Waals surface area contributed by atoms with Gasteiger partial charge in [-0.25, -0.2) is 9.98 Å². The second kappa shape index (κ2) is 11.1. The molecule has 3 heteroatoms. The van der Waals surface area contributed by atoms with Gasteiger partial charge in [0.15, 0.2) is 0 Å². The van der Waals surface area contributed by atoms with Gasteiger partial charge in [-0.3, -0.25) is 0 Å². The standard InChI is InChI=1S/C18H16N2S.C2H6/c1-3-8-15(4-2)13-19-17-11-12-18(21-17)20-14-16-9-6-5-7-10-16;1-2/h3-14H,1-2H2;1-2H3/b15-8+,19-13+,20-14+;. The average molecular weight is 322 g/mol. The van der Waals surface area contributed by atoms with Gasteiger partial charge in [0.25, 0.3) is 0 Å². The van der Waals surface area contributed by atoms with E-state index in [2.05, 4.69) is 23.1 Å². The number of rotatable bonds is 6. The van der Waals surface area contributed by atoms with E-state index in [0.29, 0.717) is 0 Å². The maximum Gasteiger partial charge on any atom is 0.118 e. The predicted molar refractivity (Wildman–Crippen MR) is 106 cm³/mol. The average Bonchev–Trinajstić information content (AvgIpc) is 3.07. The second-order valence-corrected chi connectivity index (χ2v) is 5.19. The van der Waals surface area contributed by atoms with Gasteiger partial charge in [0, 0.05) is 12.4 Å². The topological polar surface area (TPSA) is 24.7 Å². The molecule has 0 aliphatic rings. The van der Waals surface area contributed by atoms with Gasteiger partial charge in [0.1, 0.15) is 10.0 Å². The van der Waals surface area contributed by atoms with Crippen molar-refractivity contribution < 1.29 is 0 Å². The summed E-state index contributed by atoms with van der Waals surface area (Å²) >= 11 is 1.54. The fraction of sp³-hybridized carbons (Fsp3) is 0.100. The van der Waals surface area contributed by atoms with Crippen molar-refractivity contribution in [2.24, 2.45) is 9.98 Å². The van der Waals surface area contributed by atoms with Gasteiger partial charge in [-0.2, -0.15) is 0 Å². The van der Waals surface area contributed by atoms with Crippen LogP contribution in [0, 0.1) is 0 Å². The van der Waals surface area contributed by atoms with Crippen molar-refractivity contribution in [2.45, 2.75) is 13.8 Å². The molecule has 0 fully saturated rings. The lowest BCUT2D eigenvalue weighted by atomic mass is 10.2. The number of nitrogens with zero attached hydrogens (tertiary/aromatic N) is 2. The van der Waals surface area contributed by atoms with Crippen LogP contribution >= 0.6 is 11.3 Å². The van der Waals surface area contributed by atoms with Crippen LogP contribution in [0.5, 0.6) is 0 Å². The molecular formula is C20H22N2S. The van der Waals surface area contributed by atoms with E-state index in [9.17, 15) is 0 Å². The largest absolute Gasteiger partial charge is 0.245 e. The quantitative estimate of drug-likeness (QED) is 0.427. The molecule has 0 saturated carbocycles. The molecule has 1 heterocycles. The summed E-state index contributed by atoms with van der Waals surface area (Å²) in [5.74, 6) is 0. The van der Waals surface area contributed by atoms with E-state index >= 15 is 0 Å². The monoisotopic (exact) mass is 322 g/mol. The maximum atomic E-state index is 4.45. The molecule has 1 aromatic heterocycles. The van der Waals surface area contributed by atoms with Crippen LogP contribution in [-0.4, -0.2) is 12.4 Å². The molecule has 0 aliphatic heterocycles. The SMILES string of the molecule is C=C/C=C(C=C)/C=N/c1ccc(/N=C/c2ccccc2)s1.CC. The van der Waals surface area contributed by atoms with E-state index in [1.54, 1.807) is 18.4 Å². The number of hydrogen-bond acceptors (Lipinski definition) is 3. The predicted octanol–water partition coefficient (Wildman–Crippen LogP) is 6.53. The van der Waals surface area contributed by atoms with Gasteiger partial charge in [-0.05, 0) is 23.3 Å². The summed E-state index contributed by atoms with van der Waals surface area (Å²) in [6, 6.07) is 13.9. The summed E-state index contributed by atoms with van der Waals surface area (Å²) in [4.78, 5) is 8.85. The molecule has 2 aromatic rings. The Balaban J connectivity index is 0.00000127. The van der Waals surface area contributed by atoms with Crippen LogP contribution in [0.1, 0.15) is 19.4 Å². The van der Waals surface area contributed by atoms with E-state index in [0.717, 1.165) is 21.1 Å². The van der Waals surface area contributed by atoms with Crippen LogP contribution in [0.3, 0.4) is 0 Å². The molecule has 2 nitrogen and oxygen atoms in total. The van der Waals surface area contributed by atoms with Gasteiger partial charge in [0.05, 0.1) is 0 Å². The molecule has 0 amide bonds. The zero-order chi connectivity index (χ0) is 16.9. The summed E-state index contributed by atoms with van der Waals surface area (Å²) in [5.41, 5.74) is 2.01. The Hall–Kier alpha value is -2.52. The summed E-state index contributed by atoms with van der Waals surface area (Å²) in [6.07, 6.45) is 8.94. The molecule has 0 aliphatic carbocycles. The van der Waals surface area contributed by atoms with Crippen molar-refractivity contribution in [3.05, 3.63) is 85.0 Å². The van der Waals surface area contributed by atoms with E-state index in [-0.39, 0.29) is 0 Å². The maximum absolute atomic E-state index is 4.45. The minimum Gasteiger partial charge on any atom is -0.245 e. The first-order chi connectivity index (χ1) is 11.3. The van der Waals surface area contributed by atoms with Crippen LogP contribution < -0.4 is 0 Å². The van der Waals surface area contributed by atoms with Crippen LogP contribution in [0.15, 0.2) is 89.4 Å². The molecule has 2 rings (SSSR count). The van der Waals surface area contributed by atoms with Crippen molar-refractivity contribution in [1.29, 1.82) is 0 Å². The van der Waals surface area contributed by atoms with Crippen molar-refractivity contribution in [2.75, 3.05) is 0 Å². The highest BCUT2D eigenvalue weighted by Gasteiger charge is 1.96. The third-order valence-corrected chi connectivity index (χ3v) is 3.51. The molecule has 0 saturated heterocycles. The van der Waals surface area contributed by atoms with Crippen molar-refractivity contribution in [1.82, 2.24) is 0 Å². The number of benzene rings is 1. The van der Waals surface area contributed by atoms with Gasteiger partial charge in [-0.1, -0.05) is 86.9 Å². The van der Waals surface area contributed by atoms with Crippen molar-refractivity contribution in [3.8, 4) is 0 Å². The third-order valence-electron chi connectivity index (χ3n) is 2.60. The van der Waals surface area contributed by atoms with Crippen molar-refractivity contribution in [3.63, 3.8) is 0 Å². The van der Waals surface area contributed by atoms with Crippen molar-refractivity contribution >= 4 is 33.8 Å². The van der Waals surface area contributed by atoms with Crippen LogP contribution in [0.2, 0.25) is 0 Å². The molecule has 0 unspecified atom stereocenters. The normalized spacial score (nSPS) is 11.3. The Labute approximate surface area is 143 Å². The lowest BCUT2D eigenvalue weighted by molar-refractivity contribution is 1.50. The number of allylic oxidation sites excluding steroid dienone is 4. The van der Waals surface area contributed by atoms with Gasteiger partial charge in [0.2, 0.25) is 0 Å². The first-order valence-electron chi connectivity index (χ1n) is 7.50. The van der Waals surface area contributed by atoms with Gasteiger partial charge in [-0.15, -0.1) is 0 Å². The molecule has 0 atom stereocenters. The molecule has 23 heavy (non-hydrogen) atoms. The molecule has 0 spiro atoms. The molecule has 1 aromatic carbocycles. The molecular weight excluding hydrogens is 300 g/mol. The Morgan fingerprint density at radius 3 is 2.22 bits per heavy atom. The molecule has 0 radical (unpaired) electrons. The fourth-order valence-corrected chi connectivity index (χ4v) is 2.27. The van der Waals surface area contributed by atoms with Crippen LogP contribution in [0.25, 0.3) is 0 Å². The summed E-state index contributed by atoms with van der Waals surface area (Å²) in [5, 5.41) is 1.84. The first-order valence-corrected chi connectivity index (χ1v) is 8.31. The Kier molecular flexibility index (Phi) is 8.94. The summed E-state index contributed by atoms with van der Waals surface area (Å²) in [7, 11) is 0. The van der Waals surface area contributed by atoms with Gasteiger partial charge < -0.3 is 0 Å². The number of hydrogen-bond donors (Lipinski definition) is 0. The lowest BCUT2D eigenvalue weighted by Gasteiger charge is -1.90. The zero-order valence-electron chi connectivity index (χ0n) is 13.6. The molecule has 118 valence electrons. The van der Waals surface area contributed by atoms with Crippen LogP contribution in [0.4, 0.5) is 10.0 Å². The molecule has 0 N–H and O–H groups in total. The van der Waals surface area contributed by atoms with Gasteiger partial charge >= 0.3 is 0 Å². The minimum atomic E-state index is 0.909. The number of thiophene rings is 1. The zero-order valence-corrected chi connectivity index (χ0v) is 14.5. The highest BCUT2D eigenvalue weighted by Crippen LogP contribution is 2.31. The Morgan fingerprint density at radius 1 is 0.957 bits per heavy atom. The van der Waals surface area contributed by atoms with E-state index < -0.39 is 0 Å². The highest BCUT2D eigenvalue weighted by molar-refractivity contribution is 7.19. The summed E-state index contributed by atoms with van der Waals surface area (Å²) < 4.78 is 0.